The Hall–Kier alpha value is -1.97. The molecule has 0 radical (unpaired) electrons. The molecule has 0 spiro atoms. The summed E-state index contributed by atoms with van der Waals surface area (Å²) in [5, 5.41) is 0. The molecule has 0 fully saturated rings. The lowest BCUT2D eigenvalue weighted by molar-refractivity contribution is 0.302. The minimum absolute atomic E-state index is 0.100. The van der Waals surface area contributed by atoms with Crippen LogP contribution < -0.4 is 4.74 Å². The molecule has 1 nitrogen and oxygen atoms in total. The summed E-state index contributed by atoms with van der Waals surface area (Å²) in [6.45, 7) is 0.100. The molecule has 0 aliphatic carbocycles. The van der Waals surface area contributed by atoms with Crippen molar-refractivity contribution in [2.75, 3.05) is 0 Å². The van der Waals surface area contributed by atoms with Gasteiger partial charge in [-0.05, 0) is 29.8 Å². The molecule has 17 heavy (non-hydrogen) atoms. The van der Waals surface area contributed by atoms with Crippen molar-refractivity contribution < 1.29 is 17.9 Å². The minimum Gasteiger partial charge on any atom is -0.489 e. The highest BCUT2D eigenvalue weighted by Crippen LogP contribution is 2.17. The molecule has 0 aliphatic heterocycles. The zero-order valence-electron chi connectivity index (χ0n) is 8.79. The van der Waals surface area contributed by atoms with E-state index >= 15 is 0 Å². The topological polar surface area (TPSA) is 9.23 Å². The van der Waals surface area contributed by atoms with Crippen molar-refractivity contribution >= 4 is 0 Å². The Morgan fingerprint density at radius 1 is 0.882 bits per heavy atom. The van der Waals surface area contributed by atoms with Gasteiger partial charge in [0.05, 0.1) is 0 Å². The normalized spacial score (nSPS) is 10.3. The number of ether oxygens (including phenoxy) is 1. The first-order valence-electron chi connectivity index (χ1n) is 4.97. The molecule has 2 aromatic rings. The number of benzene rings is 2. The first-order chi connectivity index (χ1) is 8.15. The van der Waals surface area contributed by atoms with Gasteiger partial charge in [-0.1, -0.05) is 12.1 Å². The lowest BCUT2D eigenvalue weighted by Gasteiger charge is -2.06. The maximum absolute atomic E-state index is 12.9. The van der Waals surface area contributed by atoms with Gasteiger partial charge in [0.1, 0.15) is 18.2 Å². The predicted octanol–water partition coefficient (Wildman–Crippen LogP) is 3.68. The number of hydrogen-bond acceptors (Lipinski definition) is 1. The molecular weight excluding hydrogens is 229 g/mol. The van der Waals surface area contributed by atoms with Gasteiger partial charge in [-0.25, -0.2) is 13.2 Å². The van der Waals surface area contributed by atoms with E-state index in [1.54, 1.807) is 12.1 Å². The van der Waals surface area contributed by atoms with Crippen LogP contribution in [0.15, 0.2) is 42.5 Å². The second kappa shape index (κ2) is 4.91. The maximum atomic E-state index is 12.9. The van der Waals surface area contributed by atoms with Gasteiger partial charge in [0, 0.05) is 6.07 Å². The highest BCUT2D eigenvalue weighted by atomic mass is 19.2. The zero-order valence-corrected chi connectivity index (χ0v) is 8.79. The van der Waals surface area contributed by atoms with E-state index in [9.17, 15) is 13.2 Å². The Bertz CT molecular complexity index is 526. The SMILES string of the molecule is Fc1cccc(COc2ccc(F)c(F)c2)c1. The van der Waals surface area contributed by atoms with Crippen LogP contribution in [0, 0.1) is 17.5 Å². The van der Waals surface area contributed by atoms with Crippen molar-refractivity contribution in [3.63, 3.8) is 0 Å². The largest absolute Gasteiger partial charge is 0.489 e. The van der Waals surface area contributed by atoms with Crippen LogP contribution in [0.1, 0.15) is 5.56 Å². The summed E-state index contributed by atoms with van der Waals surface area (Å²) >= 11 is 0. The summed E-state index contributed by atoms with van der Waals surface area (Å²) in [6.07, 6.45) is 0. The molecule has 0 saturated heterocycles. The fraction of sp³-hybridized carbons (Fsp3) is 0.0769. The molecule has 0 saturated carbocycles. The van der Waals surface area contributed by atoms with E-state index < -0.39 is 11.6 Å². The average Bonchev–Trinajstić information content (AvgIpc) is 2.31. The average molecular weight is 238 g/mol. The first-order valence-corrected chi connectivity index (χ1v) is 4.97. The Kier molecular flexibility index (Phi) is 3.32. The summed E-state index contributed by atoms with van der Waals surface area (Å²) in [7, 11) is 0. The number of hydrogen-bond donors (Lipinski definition) is 0. The summed E-state index contributed by atoms with van der Waals surface area (Å²) in [4.78, 5) is 0. The number of halogens is 3. The lowest BCUT2D eigenvalue weighted by atomic mass is 10.2. The van der Waals surface area contributed by atoms with E-state index in [1.807, 2.05) is 0 Å². The van der Waals surface area contributed by atoms with Gasteiger partial charge in [0.2, 0.25) is 0 Å². The van der Waals surface area contributed by atoms with Gasteiger partial charge >= 0.3 is 0 Å². The third kappa shape index (κ3) is 3.00. The van der Waals surface area contributed by atoms with Gasteiger partial charge in [-0.2, -0.15) is 0 Å². The Balaban J connectivity index is 2.05. The number of rotatable bonds is 3. The second-order valence-corrected chi connectivity index (χ2v) is 3.49. The van der Waals surface area contributed by atoms with Crippen LogP contribution in [0.25, 0.3) is 0 Å². The fourth-order valence-electron chi connectivity index (χ4n) is 1.36. The highest BCUT2D eigenvalue weighted by Gasteiger charge is 2.03. The molecule has 88 valence electrons. The van der Waals surface area contributed by atoms with E-state index in [-0.39, 0.29) is 18.2 Å². The van der Waals surface area contributed by atoms with Crippen molar-refractivity contribution in [2.45, 2.75) is 6.61 Å². The Morgan fingerprint density at radius 2 is 1.71 bits per heavy atom. The molecule has 0 aromatic heterocycles. The van der Waals surface area contributed by atoms with Crippen molar-refractivity contribution in [3.05, 3.63) is 65.5 Å². The van der Waals surface area contributed by atoms with Crippen LogP contribution in [0.3, 0.4) is 0 Å². The minimum atomic E-state index is -0.971. The van der Waals surface area contributed by atoms with Crippen molar-refractivity contribution in [2.24, 2.45) is 0 Å². The van der Waals surface area contributed by atoms with Gasteiger partial charge in [-0.15, -0.1) is 0 Å². The Labute approximate surface area is 96.5 Å². The predicted molar refractivity (Wildman–Crippen MR) is 57.1 cm³/mol. The molecule has 2 aromatic carbocycles. The monoisotopic (exact) mass is 238 g/mol. The summed E-state index contributed by atoms with van der Waals surface area (Å²) in [5.41, 5.74) is 0.620. The van der Waals surface area contributed by atoms with E-state index in [1.165, 1.54) is 18.2 Å². The third-order valence-corrected chi connectivity index (χ3v) is 2.19. The molecule has 0 bridgehead atoms. The van der Waals surface area contributed by atoms with E-state index in [2.05, 4.69) is 0 Å². The second-order valence-electron chi connectivity index (χ2n) is 3.49. The highest BCUT2D eigenvalue weighted by molar-refractivity contribution is 5.24. The first kappa shape index (κ1) is 11.5. The van der Waals surface area contributed by atoms with Gasteiger partial charge < -0.3 is 4.74 Å². The molecule has 0 heterocycles. The van der Waals surface area contributed by atoms with Crippen LogP contribution in [0.5, 0.6) is 5.75 Å². The van der Waals surface area contributed by atoms with Gasteiger partial charge in [-0.3, -0.25) is 0 Å². The molecule has 0 amide bonds. The van der Waals surface area contributed by atoms with Crippen molar-refractivity contribution in [3.8, 4) is 5.75 Å². The molecule has 0 aliphatic rings. The van der Waals surface area contributed by atoms with Crippen LogP contribution >= 0.6 is 0 Å². The molecule has 2 rings (SSSR count). The van der Waals surface area contributed by atoms with Crippen LogP contribution in [0.2, 0.25) is 0 Å². The van der Waals surface area contributed by atoms with Gasteiger partial charge in [0.25, 0.3) is 0 Å². The van der Waals surface area contributed by atoms with E-state index in [4.69, 9.17) is 4.74 Å². The van der Waals surface area contributed by atoms with E-state index in [0.717, 1.165) is 12.1 Å². The fourth-order valence-corrected chi connectivity index (χ4v) is 1.36. The van der Waals surface area contributed by atoms with Crippen LogP contribution in [-0.4, -0.2) is 0 Å². The third-order valence-electron chi connectivity index (χ3n) is 2.19. The lowest BCUT2D eigenvalue weighted by Crippen LogP contribution is -1.96. The molecule has 0 N–H and O–H groups in total. The van der Waals surface area contributed by atoms with Gasteiger partial charge in [0.15, 0.2) is 11.6 Å². The van der Waals surface area contributed by atoms with Crippen LogP contribution in [-0.2, 0) is 6.61 Å². The quantitative estimate of drug-likeness (QED) is 0.792. The van der Waals surface area contributed by atoms with Crippen molar-refractivity contribution in [1.82, 2.24) is 0 Å². The molecule has 0 atom stereocenters. The summed E-state index contributed by atoms with van der Waals surface area (Å²) in [6, 6.07) is 9.13. The maximum Gasteiger partial charge on any atom is 0.162 e. The van der Waals surface area contributed by atoms with E-state index in [0.29, 0.717) is 5.56 Å². The summed E-state index contributed by atoms with van der Waals surface area (Å²) < 4.78 is 43.5. The Morgan fingerprint density at radius 3 is 2.41 bits per heavy atom. The molecular formula is C13H9F3O. The van der Waals surface area contributed by atoms with Crippen LogP contribution in [0.4, 0.5) is 13.2 Å². The molecule has 4 heteroatoms. The smallest absolute Gasteiger partial charge is 0.162 e. The zero-order chi connectivity index (χ0) is 12.3. The van der Waals surface area contributed by atoms with Crippen molar-refractivity contribution in [1.29, 1.82) is 0 Å². The summed E-state index contributed by atoms with van der Waals surface area (Å²) in [5.74, 6) is -2.06. The standard InChI is InChI=1S/C13H9F3O/c14-10-3-1-2-9(6-10)8-17-11-4-5-12(15)13(16)7-11/h1-7H,8H2. The molecule has 0 unspecified atom stereocenters.